The number of phenolic OH excluding ortho intramolecular Hbond substituents is 1. The van der Waals surface area contributed by atoms with Gasteiger partial charge in [0.2, 0.25) is 0 Å². The topological polar surface area (TPSA) is 70.7 Å². The molecule has 0 aliphatic heterocycles. The molecule has 1 unspecified atom stereocenters. The highest BCUT2D eigenvalue weighted by molar-refractivity contribution is 5.84. The molecule has 4 heteroatoms. The van der Waals surface area contributed by atoms with Gasteiger partial charge in [0.05, 0.1) is 10.9 Å². The summed E-state index contributed by atoms with van der Waals surface area (Å²) in [7, 11) is 0. The van der Waals surface area contributed by atoms with E-state index in [9.17, 15) is 15.0 Å². The molecule has 4 nitrogen and oxygen atoms in total. The van der Waals surface area contributed by atoms with Gasteiger partial charge in [-0.05, 0) is 36.2 Å². The first kappa shape index (κ1) is 14.2. The van der Waals surface area contributed by atoms with E-state index in [1.807, 2.05) is 13.0 Å². The maximum atomic E-state index is 12.3. The van der Waals surface area contributed by atoms with Crippen LogP contribution in [-0.2, 0) is 0 Å². The average molecular weight is 296 g/mol. The van der Waals surface area contributed by atoms with Crippen LogP contribution in [0, 0.1) is 0 Å². The summed E-state index contributed by atoms with van der Waals surface area (Å²) < 4.78 is 5.33. The molecule has 0 spiro atoms. The van der Waals surface area contributed by atoms with Crippen LogP contribution in [0.2, 0.25) is 0 Å². The minimum absolute atomic E-state index is 0.0537. The van der Waals surface area contributed by atoms with Crippen LogP contribution in [0.5, 0.6) is 11.5 Å². The molecule has 0 radical (unpaired) electrons. The van der Waals surface area contributed by atoms with Crippen molar-refractivity contribution >= 4 is 11.0 Å². The third kappa shape index (κ3) is 2.33. The number of benzene rings is 2. The highest BCUT2D eigenvalue weighted by Crippen LogP contribution is 2.36. The minimum Gasteiger partial charge on any atom is -0.508 e. The van der Waals surface area contributed by atoms with E-state index < -0.39 is 5.63 Å². The molecule has 0 saturated heterocycles. The van der Waals surface area contributed by atoms with Gasteiger partial charge in [0.1, 0.15) is 17.1 Å². The van der Waals surface area contributed by atoms with E-state index in [-0.39, 0.29) is 23.0 Å². The lowest BCUT2D eigenvalue weighted by molar-refractivity contribution is 0.449. The summed E-state index contributed by atoms with van der Waals surface area (Å²) >= 11 is 0. The zero-order valence-electron chi connectivity index (χ0n) is 12.1. The van der Waals surface area contributed by atoms with Crippen LogP contribution in [-0.4, -0.2) is 10.2 Å². The Labute approximate surface area is 127 Å². The Balaban J connectivity index is 2.25. The van der Waals surface area contributed by atoms with Crippen LogP contribution in [0.15, 0.2) is 57.7 Å². The summed E-state index contributed by atoms with van der Waals surface area (Å²) in [6.45, 7) is 1.92. The number of phenols is 1. The lowest BCUT2D eigenvalue weighted by Gasteiger charge is -2.17. The molecular formula is C18H16O4. The van der Waals surface area contributed by atoms with Crippen LogP contribution in [0.25, 0.3) is 11.0 Å². The first-order chi connectivity index (χ1) is 10.6. The van der Waals surface area contributed by atoms with E-state index in [0.29, 0.717) is 17.4 Å². The Morgan fingerprint density at radius 3 is 2.59 bits per heavy atom. The van der Waals surface area contributed by atoms with Gasteiger partial charge < -0.3 is 14.6 Å². The summed E-state index contributed by atoms with van der Waals surface area (Å²) in [5.74, 6) is -0.268. The van der Waals surface area contributed by atoms with Crippen molar-refractivity contribution in [1.29, 1.82) is 0 Å². The molecule has 3 rings (SSSR count). The fraction of sp³-hybridized carbons (Fsp3) is 0.167. The van der Waals surface area contributed by atoms with Gasteiger partial charge in [0.25, 0.3) is 0 Å². The van der Waals surface area contributed by atoms with Crippen molar-refractivity contribution in [2.24, 2.45) is 0 Å². The maximum Gasteiger partial charge on any atom is 0.343 e. The molecule has 2 N–H and O–H groups in total. The standard InChI is InChI=1S/C18H16O4/c1-2-13(11-6-5-7-12(19)10-11)16-17(20)14-8-3-4-9-15(14)22-18(16)21/h3-10,13,19-20H,2H2,1H3. The molecule has 22 heavy (non-hydrogen) atoms. The molecule has 0 aliphatic rings. The van der Waals surface area contributed by atoms with Crippen molar-refractivity contribution in [1.82, 2.24) is 0 Å². The second-order valence-corrected chi connectivity index (χ2v) is 5.20. The lowest BCUT2D eigenvalue weighted by Crippen LogP contribution is -2.13. The van der Waals surface area contributed by atoms with Crippen molar-refractivity contribution in [3.8, 4) is 11.5 Å². The number of fused-ring (bicyclic) bond motifs is 1. The largest absolute Gasteiger partial charge is 0.508 e. The summed E-state index contributed by atoms with van der Waals surface area (Å²) in [5, 5.41) is 20.7. The highest BCUT2D eigenvalue weighted by Gasteiger charge is 2.23. The van der Waals surface area contributed by atoms with Gasteiger partial charge in [-0.15, -0.1) is 0 Å². The number of hydrogen-bond donors (Lipinski definition) is 2. The Hall–Kier alpha value is -2.75. The highest BCUT2D eigenvalue weighted by atomic mass is 16.4. The minimum atomic E-state index is -0.550. The number of rotatable bonds is 3. The Morgan fingerprint density at radius 1 is 1.09 bits per heavy atom. The van der Waals surface area contributed by atoms with E-state index >= 15 is 0 Å². The third-order valence-corrected chi connectivity index (χ3v) is 3.85. The smallest absolute Gasteiger partial charge is 0.343 e. The average Bonchev–Trinajstić information content (AvgIpc) is 2.51. The second kappa shape index (κ2) is 5.56. The van der Waals surface area contributed by atoms with Gasteiger partial charge in [-0.1, -0.05) is 31.2 Å². The Morgan fingerprint density at radius 2 is 1.86 bits per heavy atom. The summed E-state index contributed by atoms with van der Waals surface area (Å²) in [4.78, 5) is 12.3. The summed E-state index contributed by atoms with van der Waals surface area (Å²) in [6, 6.07) is 13.6. The maximum absolute atomic E-state index is 12.3. The van der Waals surface area contributed by atoms with Gasteiger partial charge in [-0.3, -0.25) is 0 Å². The molecule has 1 heterocycles. The van der Waals surface area contributed by atoms with Crippen LogP contribution >= 0.6 is 0 Å². The summed E-state index contributed by atoms with van der Waals surface area (Å²) in [6.07, 6.45) is 0.597. The van der Waals surface area contributed by atoms with E-state index in [1.165, 1.54) is 0 Å². The van der Waals surface area contributed by atoms with Gasteiger partial charge >= 0.3 is 5.63 Å². The molecule has 3 aromatic rings. The van der Waals surface area contributed by atoms with Crippen molar-refractivity contribution in [3.63, 3.8) is 0 Å². The number of para-hydroxylation sites is 1. The fourth-order valence-electron chi connectivity index (χ4n) is 2.80. The van der Waals surface area contributed by atoms with E-state index in [0.717, 1.165) is 5.56 Å². The van der Waals surface area contributed by atoms with Crippen LogP contribution in [0.4, 0.5) is 0 Å². The van der Waals surface area contributed by atoms with E-state index in [4.69, 9.17) is 4.42 Å². The van der Waals surface area contributed by atoms with Gasteiger partial charge in [-0.2, -0.15) is 0 Å². The Bertz CT molecular complexity index is 880. The molecule has 0 aliphatic carbocycles. The van der Waals surface area contributed by atoms with Crippen molar-refractivity contribution < 1.29 is 14.6 Å². The second-order valence-electron chi connectivity index (χ2n) is 5.20. The first-order valence-electron chi connectivity index (χ1n) is 7.15. The monoisotopic (exact) mass is 296 g/mol. The van der Waals surface area contributed by atoms with Gasteiger partial charge in [0.15, 0.2) is 0 Å². The zero-order chi connectivity index (χ0) is 15.7. The van der Waals surface area contributed by atoms with Gasteiger partial charge in [0, 0.05) is 5.92 Å². The number of hydrogen-bond acceptors (Lipinski definition) is 4. The quantitative estimate of drug-likeness (QED) is 0.722. The molecule has 0 fully saturated rings. The summed E-state index contributed by atoms with van der Waals surface area (Å²) in [5.41, 5.74) is 0.804. The molecule has 112 valence electrons. The predicted octanol–water partition coefficient (Wildman–Crippen LogP) is 3.75. The molecule has 0 bridgehead atoms. The SMILES string of the molecule is CCC(c1cccc(O)c1)c1c(O)c2ccccc2oc1=O. The van der Waals surface area contributed by atoms with Crippen molar-refractivity contribution in [2.45, 2.75) is 19.3 Å². The molecule has 1 atom stereocenters. The van der Waals surface area contributed by atoms with Crippen molar-refractivity contribution in [2.75, 3.05) is 0 Å². The number of aromatic hydroxyl groups is 2. The van der Waals surface area contributed by atoms with Crippen molar-refractivity contribution in [3.05, 3.63) is 70.1 Å². The zero-order valence-corrected chi connectivity index (χ0v) is 12.1. The Kier molecular flexibility index (Phi) is 3.59. The van der Waals surface area contributed by atoms with Gasteiger partial charge in [-0.25, -0.2) is 4.79 Å². The third-order valence-electron chi connectivity index (χ3n) is 3.85. The predicted molar refractivity (Wildman–Crippen MR) is 84.4 cm³/mol. The fourth-order valence-corrected chi connectivity index (χ4v) is 2.80. The molecule has 0 saturated carbocycles. The van der Waals surface area contributed by atoms with Crippen LogP contribution in [0.1, 0.15) is 30.4 Å². The van der Waals surface area contributed by atoms with E-state index in [1.54, 1.807) is 42.5 Å². The van der Waals surface area contributed by atoms with Crippen LogP contribution < -0.4 is 5.63 Å². The molecule has 2 aromatic carbocycles. The van der Waals surface area contributed by atoms with E-state index in [2.05, 4.69) is 0 Å². The molecular weight excluding hydrogens is 280 g/mol. The lowest BCUT2D eigenvalue weighted by atomic mass is 9.89. The molecule has 0 amide bonds. The molecule has 1 aromatic heterocycles. The first-order valence-corrected chi connectivity index (χ1v) is 7.15. The van der Waals surface area contributed by atoms with Crippen LogP contribution in [0.3, 0.4) is 0 Å². The normalized spacial score (nSPS) is 12.4.